The van der Waals surface area contributed by atoms with Gasteiger partial charge in [-0.05, 0) is 24.6 Å². The highest BCUT2D eigenvalue weighted by molar-refractivity contribution is 6.31. The Labute approximate surface area is 179 Å². The highest BCUT2D eigenvalue weighted by atomic mass is 35.5. The van der Waals surface area contributed by atoms with Crippen molar-refractivity contribution in [3.05, 3.63) is 76.8 Å². The van der Waals surface area contributed by atoms with E-state index in [0.717, 1.165) is 30.0 Å². The van der Waals surface area contributed by atoms with E-state index in [0.29, 0.717) is 23.8 Å². The van der Waals surface area contributed by atoms with E-state index in [-0.39, 0.29) is 12.2 Å². The maximum atomic E-state index is 9.55. The average Bonchev–Trinajstić information content (AvgIpc) is 2.75. The van der Waals surface area contributed by atoms with Crippen molar-refractivity contribution in [1.29, 1.82) is 0 Å². The lowest BCUT2D eigenvalue weighted by molar-refractivity contribution is -0.134. The lowest BCUT2D eigenvalue weighted by Crippen LogP contribution is -2.43. The van der Waals surface area contributed by atoms with E-state index in [1.807, 2.05) is 43.3 Å². The molecule has 160 valence electrons. The molecule has 1 heterocycles. The van der Waals surface area contributed by atoms with Crippen LogP contribution in [-0.2, 0) is 14.3 Å². The summed E-state index contributed by atoms with van der Waals surface area (Å²) in [6.45, 7) is 4.33. The number of halogens is 1. The standard InChI is InChI=1S/C18H20ClNO2.C4H4O4/c1-13-15(19)8-5-9-16(13)22-18(14-6-3-2-4-7-14)17-12-20-10-11-21-17;5-3(6)1-2-4(7)8/h2-9,17-18,20H,10-12H2,1H3;1-2H,(H,5,6)(H,7,8)/t17-,18-;/m0./s1. The van der Waals surface area contributed by atoms with Gasteiger partial charge >= 0.3 is 11.9 Å². The quantitative estimate of drug-likeness (QED) is 0.599. The van der Waals surface area contributed by atoms with E-state index >= 15 is 0 Å². The van der Waals surface area contributed by atoms with Gasteiger partial charge in [-0.1, -0.05) is 48.0 Å². The summed E-state index contributed by atoms with van der Waals surface area (Å²) < 4.78 is 12.2. The largest absolute Gasteiger partial charge is 0.483 e. The van der Waals surface area contributed by atoms with Gasteiger partial charge in [0.1, 0.15) is 11.9 Å². The summed E-state index contributed by atoms with van der Waals surface area (Å²) in [6.07, 6.45) is 0.936. The molecule has 0 unspecified atom stereocenters. The Morgan fingerprint density at radius 1 is 1.13 bits per heavy atom. The van der Waals surface area contributed by atoms with Crippen LogP contribution in [0.4, 0.5) is 0 Å². The molecule has 0 saturated carbocycles. The van der Waals surface area contributed by atoms with Gasteiger partial charge < -0.3 is 25.0 Å². The maximum Gasteiger partial charge on any atom is 0.328 e. The van der Waals surface area contributed by atoms with Crippen LogP contribution in [0.25, 0.3) is 0 Å². The van der Waals surface area contributed by atoms with Crippen molar-refractivity contribution in [3.8, 4) is 5.75 Å². The first-order valence-electron chi connectivity index (χ1n) is 9.31. The van der Waals surface area contributed by atoms with Crippen LogP contribution in [0, 0.1) is 6.92 Å². The molecule has 0 spiro atoms. The Morgan fingerprint density at radius 3 is 2.37 bits per heavy atom. The fourth-order valence-electron chi connectivity index (χ4n) is 2.78. The van der Waals surface area contributed by atoms with Crippen molar-refractivity contribution in [2.45, 2.75) is 19.1 Å². The lowest BCUT2D eigenvalue weighted by atomic mass is 10.0. The highest BCUT2D eigenvalue weighted by Crippen LogP contribution is 2.32. The number of aliphatic carboxylic acids is 2. The van der Waals surface area contributed by atoms with Crippen molar-refractivity contribution >= 4 is 23.5 Å². The maximum absolute atomic E-state index is 9.55. The van der Waals surface area contributed by atoms with E-state index in [4.69, 9.17) is 31.3 Å². The Hall–Kier alpha value is -2.87. The van der Waals surface area contributed by atoms with Gasteiger partial charge in [0.2, 0.25) is 0 Å². The zero-order chi connectivity index (χ0) is 21.9. The van der Waals surface area contributed by atoms with Crippen molar-refractivity contribution in [1.82, 2.24) is 5.32 Å². The SMILES string of the molecule is Cc1c(Cl)cccc1O[C@@H](c1ccccc1)[C@@H]1CNCCO1.O=C(O)C=CC(=O)O. The second-order valence-electron chi connectivity index (χ2n) is 6.44. The molecule has 2 aromatic rings. The van der Waals surface area contributed by atoms with Crippen LogP contribution < -0.4 is 10.1 Å². The molecule has 1 fully saturated rings. The van der Waals surface area contributed by atoms with Gasteiger partial charge in [0, 0.05) is 35.8 Å². The molecule has 7 nitrogen and oxygen atoms in total. The molecule has 0 amide bonds. The molecule has 2 atom stereocenters. The van der Waals surface area contributed by atoms with Crippen molar-refractivity contribution in [2.24, 2.45) is 0 Å². The molecule has 3 N–H and O–H groups in total. The average molecular weight is 434 g/mol. The minimum atomic E-state index is -1.26. The van der Waals surface area contributed by atoms with Crippen LogP contribution in [0.2, 0.25) is 5.02 Å². The van der Waals surface area contributed by atoms with Crippen LogP contribution in [0.3, 0.4) is 0 Å². The fourth-order valence-corrected chi connectivity index (χ4v) is 2.94. The van der Waals surface area contributed by atoms with Crippen LogP contribution in [0.5, 0.6) is 5.75 Å². The highest BCUT2D eigenvalue weighted by Gasteiger charge is 2.28. The number of carboxylic acids is 2. The van der Waals surface area contributed by atoms with Gasteiger partial charge in [0.05, 0.1) is 6.61 Å². The first kappa shape index (κ1) is 23.4. The molecule has 1 saturated heterocycles. The van der Waals surface area contributed by atoms with Crippen LogP contribution in [0.15, 0.2) is 60.7 Å². The van der Waals surface area contributed by atoms with E-state index < -0.39 is 11.9 Å². The van der Waals surface area contributed by atoms with Crippen molar-refractivity contribution in [3.63, 3.8) is 0 Å². The summed E-state index contributed by atoms with van der Waals surface area (Å²) in [5, 5.41) is 19.7. The molecule has 30 heavy (non-hydrogen) atoms. The van der Waals surface area contributed by atoms with Gasteiger partial charge in [-0.2, -0.15) is 0 Å². The fraction of sp³-hybridized carbons (Fsp3) is 0.273. The van der Waals surface area contributed by atoms with Crippen molar-refractivity contribution in [2.75, 3.05) is 19.7 Å². The predicted molar refractivity (Wildman–Crippen MR) is 113 cm³/mol. The molecule has 0 aliphatic carbocycles. The third-order valence-electron chi connectivity index (χ3n) is 4.26. The number of rotatable bonds is 6. The molecule has 0 radical (unpaired) electrons. The summed E-state index contributed by atoms with van der Waals surface area (Å²) in [6, 6.07) is 15.9. The molecule has 1 aliphatic heterocycles. The second kappa shape index (κ2) is 12.0. The van der Waals surface area contributed by atoms with Crippen LogP contribution in [0.1, 0.15) is 17.2 Å². The lowest BCUT2D eigenvalue weighted by Gasteiger charge is -2.32. The summed E-state index contributed by atoms with van der Waals surface area (Å²) in [5.74, 6) is -1.71. The Kier molecular flexibility index (Phi) is 9.34. The first-order valence-corrected chi connectivity index (χ1v) is 9.69. The van der Waals surface area contributed by atoms with Gasteiger partial charge in [-0.25, -0.2) is 9.59 Å². The number of nitrogens with one attached hydrogen (secondary N) is 1. The van der Waals surface area contributed by atoms with Gasteiger partial charge in [-0.15, -0.1) is 0 Å². The number of carbonyl (C=O) groups is 2. The zero-order valence-electron chi connectivity index (χ0n) is 16.5. The minimum absolute atomic E-state index is 0.0190. The first-order chi connectivity index (χ1) is 14.4. The Balaban J connectivity index is 0.000000343. The molecule has 8 heteroatoms. The summed E-state index contributed by atoms with van der Waals surface area (Å²) in [4.78, 5) is 19.1. The second-order valence-corrected chi connectivity index (χ2v) is 6.84. The van der Waals surface area contributed by atoms with Crippen molar-refractivity contribution < 1.29 is 29.3 Å². The van der Waals surface area contributed by atoms with E-state index in [1.54, 1.807) is 0 Å². The summed E-state index contributed by atoms with van der Waals surface area (Å²) in [5.41, 5.74) is 2.06. The normalized spacial score (nSPS) is 16.9. The van der Waals surface area contributed by atoms with E-state index in [1.165, 1.54) is 0 Å². The van der Waals surface area contributed by atoms with Gasteiger partial charge in [-0.3, -0.25) is 0 Å². The Bertz CT molecular complexity index is 849. The number of morpholine rings is 1. The number of hydrogen-bond donors (Lipinski definition) is 3. The molecule has 0 aromatic heterocycles. The van der Waals surface area contributed by atoms with Gasteiger partial charge in [0.25, 0.3) is 0 Å². The number of benzene rings is 2. The number of ether oxygens (including phenoxy) is 2. The van der Waals surface area contributed by atoms with E-state index in [2.05, 4.69) is 17.4 Å². The minimum Gasteiger partial charge on any atom is -0.483 e. The molecule has 3 rings (SSSR count). The number of hydrogen-bond acceptors (Lipinski definition) is 5. The van der Waals surface area contributed by atoms with E-state index in [9.17, 15) is 9.59 Å². The Morgan fingerprint density at radius 2 is 1.80 bits per heavy atom. The number of carboxylic acid groups (broad SMARTS) is 2. The monoisotopic (exact) mass is 433 g/mol. The molecular weight excluding hydrogens is 410 g/mol. The zero-order valence-corrected chi connectivity index (χ0v) is 17.2. The summed E-state index contributed by atoms with van der Waals surface area (Å²) in [7, 11) is 0. The van der Waals surface area contributed by atoms with Crippen LogP contribution in [-0.4, -0.2) is 48.0 Å². The van der Waals surface area contributed by atoms with Gasteiger partial charge in [0.15, 0.2) is 6.10 Å². The molecule has 2 aromatic carbocycles. The predicted octanol–water partition coefficient (Wildman–Crippen LogP) is 3.47. The topological polar surface area (TPSA) is 105 Å². The molecule has 1 aliphatic rings. The summed E-state index contributed by atoms with van der Waals surface area (Å²) >= 11 is 6.21. The third kappa shape index (κ3) is 7.51. The molecular formula is C22H24ClNO6. The van der Waals surface area contributed by atoms with Crippen LogP contribution >= 0.6 is 11.6 Å². The third-order valence-corrected chi connectivity index (χ3v) is 4.67. The smallest absolute Gasteiger partial charge is 0.328 e. The molecule has 0 bridgehead atoms.